The van der Waals surface area contributed by atoms with E-state index in [-0.39, 0.29) is 5.84 Å². The molecular weight excluding hydrogens is 126 g/mol. The molecule has 0 amide bonds. The summed E-state index contributed by atoms with van der Waals surface area (Å²) in [6.07, 6.45) is 3.27. The van der Waals surface area contributed by atoms with E-state index in [4.69, 9.17) is 16.6 Å². The summed E-state index contributed by atoms with van der Waals surface area (Å²) < 4.78 is 0. The van der Waals surface area contributed by atoms with Crippen molar-refractivity contribution >= 4 is 11.5 Å². The molecule has 0 radical (unpaired) electrons. The number of hydrogen-bond donors (Lipinski definition) is 3. The highest BCUT2D eigenvalue weighted by Crippen LogP contribution is 1.97. The van der Waals surface area contributed by atoms with Crippen molar-refractivity contribution in [2.75, 3.05) is 0 Å². The van der Waals surface area contributed by atoms with Gasteiger partial charge in [-0.2, -0.15) is 0 Å². The van der Waals surface area contributed by atoms with E-state index in [9.17, 15) is 0 Å². The van der Waals surface area contributed by atoms with E-state index in [1.54, 1.807) is 0 Å². The van der Waals surface area contributed by atoms with Gasteiger partial charge < -0.3 is 11.1 Å². The molecule has 0 aromatic carbocycles. The Hall–Kier alpha value is -0.860. The number of nitrogens with one attached hydrogen (secondary N) is 2. The fourth-order valence-electron chi connectivity index (χ4n) is 0.708. The normalized spacial score (nSPS) is 9.30. The smallest absolute Gasteiger partial charge is 0.0962 e. The lowest BCUT2D eigenvalue weighted by atomic mass is 10.1. The first-order valence-corrected chi connectivity index (χ1v) is 3.56. The molecule has 10 heavy (non-hydrogen) atoms. The Morgan fingerprint density at radius 1 is 1.40 bits per heavy atom. The summed E-state index contributed by atoms with van der Waals surface area (Å²) in [7, 11) is 0. The van der Waals surface area contributed by atoms with E-state index >= 15 is 0 Å². The Balaban J connectivity index is 3.35. The summed E-state index contributed by atoms with van der Waals surface area (Å²) in [6.45, 7) is 2.08. The van der Waals surface area contributed by atoms with Gasteiger partial charge in [-0.25, -0.2) is 0 Å². The van der Waals surface area contributed by atoms with Gasteiger partial charge >= 0.3 is 0 Å². The first kappa shape index (κ1) is 9.14. The third-order valence-electron chi connectivity index (χ3n) is 1.24. The average molecular weight is 141 g/mol. The third-order valence-corrected chi connectivity index (χ3v) is 1.24. The maximum atomic E-state index is 7.30. The number of rotatable bonds is 5. The van der Waals surface area contributed by atoms with Crippen LogP contribution in [0.15, 0.2) is 0 Å². The van der Waals surface area contributed by atoms with Crippen molar-refractivity contribution in [1.29, 1.82) is 10.8 Å². The summed E-state index contributed by atoms with van der Waals surface area (Å²) in [5, 5.41) is 14.2. The van der Waals surface area contributed by atoms with Gasteiger partial charge in [-0.15, -0.1) is 0 Å². The molecular formula is C7H15N3. The molecule has 0 bridgehead atoms. The van der Waals surface area contributed by atoms with Gasteiger partial charge in [0.05, 0.1) is 5.84 Å². The molecule has 0 aliphatic carbocycles. The van der Waals surface area contributed by atoms with Crippen molar-refractivity contribution in [1.82, 2.24) is 0 Å². The van der Waals surface area contributed by atoms with Crippen molar-refractivity contribution < 1.29 is 0 Å². The Morgan fingerprint density at radius 2 is 2.00 bits per heavy atom. The van der Waals surface area contributed by atoms with Gasteiger partial charge in [0.2, 0.25) is 0 Å². The number of nitrogens with two attached hydrogens (primary N) is 1. The van der Waals surface area contributed by atoms with Gasteiger partial charge in [0.15, 0.2) is 0 Å². The molecule has 0 fully saturated rings. The van der Waals surface area contributed by atoms with Crippen LogP contribution in [-0.4, -0.2) is 11.5 Å². The van der Waals surface area contributed by atoms with E-state index in [0.717, 1.165) is 19.3 Å². The predicted octanol–water partition coefficient (Wildman–Crippen LogP) is 1.52. The van der Waals surface area contributed by atoms with Crippen LogP contribution in [0.2, 0.25) is 0 Å². The van der Waals surface area contributed by atoms with Gasteiger partial charge in [0, 0.05) is 12.1 Å². The number of amidine groups is 1. The first-order valence-electron chi connectivity index (χ1n) is 3.56. The first-order chi connectivity index (χ1) is 4.66. The zero-order valence-corrected chi connectivity index (χ0v) is 6.41. The summed E-state index contributed by atoms with van der Waals surface area (Å²) in [5.41, 5.74) is 5.69. The van der Waals surface area contributed by atoms with Crippen LogP contribution in [0.25, 0.3) is 0 Å². The summed E-state index contributed by atoms with van der Waals surface area (Å²) >= 11 is 0. The molecule has 0 rings (SSSR count). The molecule has 0 spiro atoms. The molecule has 0 aliphatic rings. The van der Waals surface area contributed by atoms with Crippen LogP contribution in [0, 0.1) is 10.8 Å². The van der Waals surface area contributed by atoms with Crippen molar-refractivity contribution in [2.24, 2.45) is 5.73 Å². The van der Waals surface area contributed by atoms with Crippen LogP contribution >= 0.6 is 0 Å². The lowest BCUT2D eigenvalue weighted by Crippen LogP contribution is -2.14. The summed E-state index contributed by atoms with van der Waals surface area (Å²) in [4.78, 5) is 0. The van der Waals surface area contributed by atoms with Crippen molar-refractivity contribution in [3.8, 4) is 0 Å². The summed E-state index contributed by atoms with van der Waals surface area (Å²) in [5.74, 6) is 0.0982. The van der Waals surface area contributed by atoms with Crippen LogP contribution in [-0.2, 0) is 0 Å². The SMILES string of the molecule is CCCCC(=N)CC(=N)N. The van der Waals surface area contributed by atoms with Crippen molar-refractivity contribution in [2.45, 2.75) is 32.6 Å². The molecule has 0 aromatic heterocycles. The molecule has 0 saturated carbocycles. The van der Waals surface area contributed by atoms with Crippen molar-refractivity contribution in [3.63, 3.8) is 0 Å². The van der Waals surface area contributed by atoms with Crippen LogP contribution < -0.4 is 5.73 Å². The molecule has 4 N–H and O–H groups in total. The second-order valence-corrected chi connectivity index (χ2v) is 2.41. The van der Waals surface area contributed by atoms with E-state index in [0.29, 0.717) is 12.1 Å². The van der Waals surface area contributed by atoms with Crippen LogP contribution in [0.3, 0.4) is 0 Å². The Morgan fingerprint density at radius 3 is 2.40 bits per heavy atom. The highest BCUT2D eigenvalue weighted by atomic mass is 14.7. The molecule has 3 nitrogen and oxygen atoms in total. The molecule has 0 aliphatic heterocycles. The topological polar surface area (TPSA) is 73.7 Å². The molecule has 0 unspecified atom stereocenters. The van der Waals surface area contributed by atoms with E-state index in [1.807, 2.05) is 0 Å². The Kier molecular flexibility index (Phi) is 4.54. The lowest BCUT2D eigenvalue weighted by molar-refractivity contribution is 0.827. The maximum absolute atomic E-state index is 7.30. The van der Waals surface area contributed by atoms with Crippen LogP contribution in [0.4, 0.5) is 0 Å². The molecule has 0 heterocycles. The van der Waals surface area contributed by atoms with Crippen molar-refractivity contribution in [3.05, 3.63) is 0 Å². The van der Waals surface area contributed by atoms with Gasteiger partial charge in [-0.05, 0) is 12.8 Å². The second-order valence-electron chi connectivity index (χ2n) is 2.41. The zero-order valence-electron chi connectivity index (χ0n) is 6.41. The minimum Gasteiger partial charge on any atom is -0.387 e. The Labute approximate surface area is 61.6 Å². The molecule has 0 saturated heterocycles. The van der Waals surface area contributed by atoms with Crippen LogP contribution in [0.1, 0.15) is 32.6 Å². The van der Waals surface area contributed by atoms with Gasteiger partial charge in [0.1, 0.15) is 0 Å². The largest absolute Gasteiger partial charge is 0.387 e. The fraction of sp³-hybridized carbons (Fsp3) is 0.714. The molecule has 0 atom stereocenters. The zero-order chi connectivity index (χ0) is 7.98. The molecule has 58 valence electrons. The maximum Gasteiger partial charge on any atom is 0.0962 e. The highest BCUT2D eigenvalue weighted by molar-refractivity contribution is 5.99. The van der Waals surface area contributed by atoms with E-state index in [1.165, 1.54) is 0 Å². The molecule has 0 aromatic rings. The minimum absolute atomic E-state index is 0.0982. The average Bonchev–Trinajstić information content (AvgIpc) is 1.82. The Bertz CT molecular complexity index is 129. The van der Waals surface area contributed by atoms with Crippen LogP contribution in [0.5, 0.6) is 0 Å². The highest BCUT2D eigenvalue weighted by Gasteiger charge is 1.96. The predicted molar refractivity (Wildman–Crippen MR) is 43.8 cm³/mol. The minimum atomic E-state index is 0.0982. The second kappa shape index (κ2) is 4.97. The summed E-state index contributed by atoms with van der Waals surface area (Å²) in [6, 6.07) is 0. The monoisotopic (exact) mass is 141 g/mol. The quantitative estimate of drug-likeness (QED) is 0.394. The standard InChI is InChI=1S/C7H15N3/c1-2-3-4-6(8)5-7(9)10/h8H,2-5H2,1H3,(H3,9,10). The lowest BCUT2D eigenvalue weighted by Gasteiger charge is -1.99. The number of unbranched alkanes of at least 4 members (excludes halogenated alkanes) is 1. The third kappa shape index (κ3) is 5.28. The van der Waals surface area contributed by atoms with Gasteiger partial charge in [-0.1, -0.05) is 13.3 Å². The van der Waals surface area contributed by atoms with Gasteiger partial charge in [-0.3, -0.25) is 5.41 Å². The van der Waals surface area contributed by atoms with E-state index < -0.39 is 0 Å². The molecule has 3 heteroatoms. The fourth-order valence-corrected chi connectivity index (χ4v) is 0.708. The van der Waals surface area contributed by atoms with E-state index in [2.05, 4.69) is 6.92 Å². The number of hydrogen-bond acceptors (Lipinski definition) is 2. The van der Waals surface area contributed by atoms with Gasteiger partial charge in [0.25, 0.3) is 0 Å².